The molecule has 88 valence electrons. The number of aromatic nitrogens is 1. The number of amides is 1. The number of hydrogen-bond acceptors (Lipinski definition) is 3. The first-order valence-corrected chi connectivity index (χ1v) is 5.39. The van der Waals surface area contributed by atoms with Gasteiger partial charge in [-0.15, -0.1) is 0 Å². The molecule has 0 aliphatic heterocycles. The van der Waals surface area contributed by atoms with E-state index in [4.69, 9.17) is 0 Å². The summed E-state index contributed by atoms with van der Waals surface area (Å²) in [6.07, 6.45) is 3.33. The molecule has 1 heterocycles. The van der Waals surface area contributed by atoms with Crippen LogP contribution in [0, 0.1) is 5.92 Å². The summed E-state index contributed by atoms with van der Waals surface area (Å²) in [6, 6.07) is 3.51. The summed E-state index contributed by atoms with van der Waals surface area (Å²) >= 11 is 0. The van der Waals surface area contributed by atoms with Gasteiger partial charge in [-0.2, -0.15) is 0 Å². The van der Waals surface area contributed by atoms with Crippen LogP contribution in [0.25, 0.3) is 0 Å². The molecule has 1 unspecified atom stereocenters. The van der Waals surface area contributed by atoms with E-state index in [1.165, 1.54) is 0 Å². The molecule has 4 heteroatoms. The summed E-state index contributed by atoms with van der Waals surface area (Å²) in [4.78, 5) is 17.9. The second kappa shape index (κ2) is 5.61. The van der Waals surface area contributed by atoms with Crippen molar-refractivity contribution in [2.24, 2.45) is 5.92 Å². The molecular weight excluding hydrogens is 202 g/mol. The lowest BCUT2D eigenvalue weighted by Gasteiger charge is -2.26. The Bertz CT molecular complexity index is 327. The van der Waals surface area contributed by atoms with Crippen molar-refractivity contribution in [2.45, 2.75) is 19.9 Å². The van der Waals surface area contributed by atoms with Crippen molar-refractivity contribution < 1.29 is 4.79 Å². The highest BCUT2D eigenvalue weighted by Gasteiger charge is 2.24. The number of carbonyl (C=O) groups is 1. The van der Waals surface area contributed by atoms with Crippen molar-refractivity contribution in [2.75, 3.05) is 19.4 Å². The fourth-order valence-electron chi connectivity index (χ4n) is 1.79. The second-order valence-electron chi connectivity index (χ2n) is 4.38. The molecule has 0 saturated carbocycles. The molecule has 0 aromatic carbocycles. The third kappa shape index (κ3) is 3.31. The van der Waals surface area contributed by atoms with Gasteiger partial charge in [-0.1, -0.05) is 13.8 Å². The Balaban J connectivity index is 2.70. The molecule has 1 amide bonds. The van der Waals surface area contributed by atoms with E-state index in [-0.39, 0.29) is 17.9 Å². The van der Waals surface area contributed by atoms with Crippen LogP contribution in [-0.2, 0) is 4.79 Å². The topological polar surface area (TPSA) is 45.2 Å². The first-order valence-electron chi connectivity index (χ1n) is 5.39. The lowest BCUT2D eigenvalue weighted by atomic mass is 10.0. The first kappa shape index (κ1) is 12.6. The molecule has 1 aromatic rings. The number of hydrogen-bond donors (Lipinski definition) is 1. The van der Waals surface area contributed by atoms with E-state index in [2.05, 4.69) is 10.3 Å². The Morgan fingerprint density at radius 2 is 2.12 bits per heavy atom. The van der Waals surface area contributed by atoms with Crippen molar-refractivity contribution in [3.05, 3.63) is 24.5 Å². The number of pyridine rings is 1. The van der Waals surface area contributed by atoms with E-state index in [1.807, 2.05) is 38.9 Å². The zero-order chi connectivity index (χ0) is 12.1. The van der Waals surface area contributed by atoms with E-state index in [9.17, 15) is 4.79 Å². The van der Waals surface area contributed by atoms with Crippen LogP contribution < -0.4 is 5.32 Å². The number of anilines is 1. The normalized spacial score (nSPS) is 12.9. The Morgan fingerprint density at radius 3 is 2.56 bits per heavy atom. The number of nitrogens with one attached hydrogen (secondary N) is 1. The largest absolute Gasteiger partial charge is 0.323 e. The molecule has 16 heavy (non-hydrogen) atoms. The van der Waals surface area contributed by atoms with Crippen LogP contribution in [0.5, 0.6) is 0 Å². The van der Waals surface area contributed by atoms with Gasteiger partial charge in [0.1, 0.15) is 0 Å². The van der Waals surface area contributed by atoms with E-state index in [0.717, 1.165) is 5.69 Å². The molecule has 0 fully saturated rings. The molecule has 1 aromatic heterocycles. The predicted molar refractivity (Wildman–Crippen MR) is 65.2 cm³/mol. The average Bonchev–Trinajstić information content (AvgIpc) is 2.17. The maximum Gasteiger partial charge on any atom is 0.242 e. The summed E-state index contributed by atoms with van der Waals surface area (Å²) in [5.41, 5.74) is 0.736. The van der Waals surface area contributed by atoms with Gasteiger partial charge in [-0.3, -0.25) is 14.7 Å². The SMILES string of the molecule is CC(C)C(C(=O)Nc1cccnc1)N(C)C. The lowest BCUT2D eigenvalue weighted by Crippen LogP contribution is -2.43. The molecule has 1 N–H and O–H groups in total. The quantitative estimate of drug-likeness (QED) is 0.840. The van der Waals surface area contributed by atoms with Crippen LogP contribution in [0.4, 0.5) is 5.69 Å². The van der Waals surface area contributed by atoms with Gasteiger partial charge >= 0.3 is 0 Å². The summed E-state index contributed by atoms with van der Waals surface area (Å²) in [5, 5.41) is 2.86. The number of likely N-dealkylation sites (N-methyl/N-ethyl adjacent to an activating group) is 1. The summed E-state index contributed by atoms with van der Waals surface area (Å²) in [6.45, 7) is 4.07. The van der Waals surface area contributed by atoms with Crippen molar-refractivity contribution >= 4 is 11.6 Å². The highest BCUT2D eigenvalue weighted by Crippen LogP contribution is 2.11. The molecule has 0 bridgehead atoms. The Morgan fingerprint density at radius 1 is 1.44 bits per heavy atom. The van der Waals surface area contributed by atoms with Gasteiger partial charge in [-0.25, -0.2) is 0 Å². The van der Waals surface area contributed by atoms with Crippen molar-refractivity contribution in [3.63, 3.8) is 0 Å². The highest BCUT2D eigenvalue weighted by molar-refractivity contribution is 5.94. The predicted octanol–water partition coefficient (Wildman–Crippen LogP) is 1.61. The Kier molecular flexibility index (Phi) is 4.43. The fourth-order valence-corrected chi connectivity index (χ4v) is 1.79. The van der Waals surface area contributed by atoms with Crippen LogP contribution in [0.2, 0.25) is 0 Å². The monoisotopic (exact) mass is 221 g/mol. The summed E-state index contributed by atoms with van der Waals surface area (Å²) < 4.78 is 0. The third-order valence-corrected chi connectivity index (χ3v) is 2.39. The molecule has 0 saturated heterocycles. The minimum absolute atomic E-state index is 0.00741. The molecule has 4 nitrogen and oxygen atoms in total. The number of carbonyl (C=O) groups excluding carboxylic acids is 1. The zero-order valence-electron chi connectivity index (χ0n) is 10.3. The fraction of sp³-hybridized carbons (Fsp3) is 0.500. The Hall–Kier alpha value is -1.42. The standard InChI is InChI=1S/C12H19N3O/c1-9(2)11(15(3)4)12(16)14-10-6-5-7-13-8-10/h5-9,11H,1-4H3,(H,14,16). The minimum atomic E-state index is -0.125. The Labute approximate surface area is 96.7 Å². The molecule has 0 aliphatic carbocycles. The number of nitrogens with zero attached hydrogens (tertiary/aromatic N) is 2. The van der Waals surface area contributed by atoms with Gasteiger partial charge in [0.15, 0.2) is 0 Å². The molecule has 1 rings (SSSR count). The van der Waals surface area contributed by atoms with E-state index in [1.54, 1.807) is 18.5 Å². The summed E-state index contributed by atoms with van der Waals surface area (Å²) in [7, 11) is 3.82. The van der Waals surface area contributed by atoms with Crippen molar-refractivity contribution in [3.8, 4) is 0 Å². The first-order chi connectivity index (χ1) is 7.52. The van der Waals surface area contributed by atoms with Gasteiger partial charge in [0.2, 0.25) is 5.91 Å². The van der Waals surface area contributed by atoms with E-state index in [0.29, 0.717) is 0 Å². The van der Waals surface area contributed by atoms with Gasteiger partial charge in [0, 0.05) is 6.20 Å². The maximum absolute atomic E-state index is 12.0. The molecular formula is C12H19N3O. The number of rotatable bonds is 4. The van der Waals surface area contributed by atoms with Crippen LogP contribution >= 0.6 is 0 Å². The molecule has 0 aliphatic rings. The van der Waals surface area contributed by atoms with Gasteiger partial charge in [0.25, 0.3) is 0 Å². The van der Waals surface area contributed by atoms with Crippen LogP contribution in [-0.4, -0.2) is 35.9 Å². The minimum Gasteiger partial charge on any atom is -0.323 e. The maximum atomic E-state index is 12.0. The van der Waals surface area contributed by atoms with Crippen LogP contribution in [0.15, 0.2) is 24.5 Å². The molecule has 0 spiro atoms. The highest BCUT2D eigenvalue weighted by atomic mass is 16.2. The zero-order valence-corrected chi connectivity index (χ0v) is 10.3. The third-order valence-electron chi connectivity index (χ3n) is 2.39. The smallest absolute Gasteiger partial charge is 0.242 e. The second-order valence-corrected chi connectivity index (χ2v) is 4.38. The van der Waals surface area contributed by atoms with E-state index >= 15 is 0 Å². The average molecular weight is 221 g/mol. The molecule has 1 atom stereocenters. The summed E-state index contributed by atoms with van der Waals surface area (Å²) in [5.74, 6) is 0.277. The van der Waals surface area contributed by atoms with Crippen molar-refractivity contribution in [1.29, 1.82) is 0 Å². The van der Waals surface area contributed by atoms with Crippen molar-refractivity contribution in [1.82, 2.24) is 9.88 Å². The van der Waals surface area contributed by atoms with E-state index < -0.39 is 0 Å². The van der Waals surface area contributed by atoms with Crippen LogP contribution in [0.3, 0.4) is 0 Å². The lowest BCUT2D eigenvalue weighted by molar-refractivity contribution is -0.121. The van der Waals surface area contributed by atoms with Gasteiger partial charge in [0.05, 0.1) is 17.9 Å². The van der Waals surface area contributed by atoms with Crippen LogP contribution in [0.1, 0.15) is 13.8 Å². The molecule has 0 radical (unpaired) electrons. The van der Waals surface area contributed by atoms with Gasteiger partial charge < -0.3 is 5.32 Å². The van der Waals surface area contributed by atoms with Gasteiger partial charge in [-0.05, 0) is 32.1 Å².